The van der Waals surface area contributed by atoms with E-state index in [1.165, 1.54) is 0 Å². The van der Waals surface area contributed by atoms with E-state index >= 15 is 0 Å². The monoisotopic (exact) mass is 438 g/mol. The molecule has 8 nitrogen and oxygen atoms in total. The van der Waals surface area contributed by atoms with E-state index < -0.39 is 10.0 Å². The van der Waals surface area contributed by atoms with Crippen molar-refractivity contribution in [3.05, 3.63) is 17.5 Å². The van der Waals surface area contributed by atoms with E-state index in [-0.39, 0.29) is 29.7 Å². The van der Waals surface area contributed by atoms with Gasteiger partial charge >= 0.3 is 0 Å². The highest BCUT2D eigenvalue weighted by Crippen LogP contribution is 2.40. The second-order valence-corrected chi connectivity index (χ2v) is 11.6. The zero-order valence-corrected chi connectivity index (χ0v) is 19.0. The molecule has 3 heterocycles. The highest BCUT2D eigenvalue weighted by atomic mass is 32.2. The van der Waals surface area contributed by atoms with Gasteiger partial charge in [0.2, 0.25) is 10.0 Å². The summed E-state index contributed by atoms with van der Waals surface area (Å²) in [5, 5.41) is 10.4. The smallest absolute Gasteiger partial charge is 0.273 e. The first kappa shape index (κ1) is 21.8. The average Bonchev–Trinajstić information content (AvgIpc) is 3.36. The van der Waals surface area contributed by atoms with Crippen LogP contribution < -0.4 is 10.6 Å². The first-order valence-electron chi connectivity index (χ1n) is 11.2. The van der Waals surface area contributed by atoms with Crippen molar-refractivity contribution in [3.8, 4) is 0 Å². The van der Waals surface area contributed by atoms with E-state index in [0.29, 0.717) is 43.1 Å². The van der Waals surface area contributed by atoms with Crippen molar-refractivity contribution in [1.82, 2.24) is 20.1 Å². The Hall–Kier alpha value is -1.45. The van der Waals surface area contributed by atoms with Crippen molar-refractivity contribution >= 4 is 15.9 Å². The van der Waals surface area contributed by atoms with Crippen LogP contribution in [0.1, 0.15) is 81.5 Å². The fourth-order valence-corrected chi connectivity index (χ4v) is 7.24. The molecule has 0 radical (unpaired) electrons. The number of hydrogen-bond acceptors (Lipinski definition) is 6. The number of aromatic nitrogens is 1. The van der Waals surface area contributed by atoms with E-state index in [0.717, 1.165) is 31.4 Å². The summed E-state index contributed by atoms with van der Waals surface area (Å²) < 4.78 is 33.1. The molecule has 3 aliphatic rings. The van der Waals surface area contributed by atoms with Crippen LogP contribution in [0.2, 0.25) is 0 Å². The summed E-state index contributed by atoms with van der Waals surface area (Å²) in [6, 6.07) is 2.24. The summed E-state index contributed by atoms with van der Waals surface area (Å²) in [6.07, 6.45) is 5.20. The molecule has 0 bridgehead atoms. The van der Waals surface area contributed by atoms with Gasteiger partial charge in [0, 0.05) is 42.7 Å². The third kappa shape index (κ3) is 5.06. The number of piperidine rings is 2. The molecule has 2 unspecified atom stereocenters. The second kappa shape index (κ2) is 8.59. The molecule has 1 amide bonds. The van der Waals surface area contributed by atoms with Gasteiger partial charge in [0.1, 0.15) is 5.76 Å². The van der Waals surface area contributed by atoms with Crippen molar-refractivity contribution < 1.29 is 17.7 Å². The summed E-state index contributed by atoms with van der Waals surface area (Å²) in [5.74, 6) is 1.37. The number of nitrogens with zero attached hydrogens (tertiary/aromatic N) is 2. The van der Waals surface area contributed by atoms with E-state index in [1.54, 1.807) is 10.4 Å². The number of amides is 1. The maximum atomic E-state index is 13.1. The predicted molar refractivity (Wildman–Crippen MR) is 114 cm³/mol. The molecular formula is C21H34N4O4S. The summed E-state index contributed by atoms with van der Waals surface area (Å²) in [7, 11) is -3.32. The maximum Gasteiger partial charge on any atom is 0.273 e. The fraction of sp³-hybridized carbons (Fsp3) is 0.810. The Morgan fingerprint density at radius 2 is 1.90 bits per heavy atom. The fourth-order valence-electron chi connectivity index (χ4n) is 5.16. The molecule has 0 aromatic carbocycles. The molecule has 2 aliphatic heterocycles. The molecule has 9 heteroatoms. The lowest BCUT2D eigenvalue weighted by Gasteiger charge is -2.39. The number of rotatable bonds is 6. The summed E-state index contributed by atoms with van der Waals surface area (Å²) >= 11 is 0. The van der Waals surface area contributed by atoms with Crippen LogP contribution in [0.25, 0.3) is 0 Å². The number of nitrogens with one attached hydrogen (secondary N) is 2. The second-order valence-electron chi connectivity index (χ2n) is 9.63. The van der Waals surface area contributed by atoms with Gasteiger partial charge in [-0.15, -0.1) is 0 Å². The summed E-state index contributed by atoms with van der Waals surface area (Å²) in [5.41, 5.74) is 0.314. The minimum Gasteiger partial charge on any atom is -0.360 e. The molecule has 168 valence electrons. The van der Waals surface area contributed by atoms with Crippen LogP contribution in [-0.4, -0.2) is 60.3 Å². The van der Waals surface area contributed by atoms with E-state index in [1.807, 2.05) is 6.92 Å². The molecule has 1 saturated carbocycles. The van der Waals surface area contributed by atoms with E-state index in [4.69, 9.17) is 4.52 Å². The van der Waals surface area contributed by atoms with Crippen molar-refractivity contribution in [2.24, 2.45) is 5.92 Å². The Morgan fingerprint density at radius 1 is 1.20 bits per heavy atom. The Balaban J connectivity index is 1.31. The number of carbonyl (C=O) groups is 1. The zero-order valence-electron chi connectivity index (χ0n) is 18.1. The third-order valence-electron chi connectivity index (χ3n) is 6.64. The van der Waals surface area contributed by atoms with Crippen LogP contribution in [0.5, 0.6) is 0 Å². The maximum absolute atomic E-state index is 13.1. The highest BCUT2D eigenvalue weighted by molar-refractivity contribution is 7.89. The van der Waals surface area contributed by atoms with Gasteiger partial charge in [-0.1, -0.05) is 5.16 Å². The summed E-state index contributed by atoms with van der Waals surface area (Å²) in [4.78, 5) is 12.5. The molecule has 2 N–H and O–H groups in total. The molecule has 1 aromatic rings. The lowest BCUT2D eigenvalue weighted by atomic mass is 9.91. The molecule has 0 spiro atoms. The van der Waals surface area contributed by atoms with E-state index in [2.05, 4.69) is 29.6 Å². The Morgan fingerprint density at radius 3 is 2.53 bits per heavy atom. The lowest BCUT2D eigenvalue weighted by molar-refractivity contribution is 0.0905. The van der Waals surface area contributed by atoms with Crippen LogP contribution >= 0.6 is 0 Å². The van der Waals surface area contributed by atoms with Gasteiger partial charge in [0.15, 0.2) is 5.69 Å². The quantitative estimate of drug-likeness (QED) is 0.706. The minimum atomic E-state index is -3.32. The van der Waals surface area contributed by atoms with Gasteiger partial charge in [-0.2, -0.15) is 4.31 Å². The van der Waals surface area contributed by atoms with Crippen molar-refractivity contribution in [2.75, 3.05) is 12.3 Å². The van der Waals surface area contributed by atoms with Gasteiger partial charge in [-0.25, -0.2) is 8.42 Å². The SMILES string of the molecule is CC1CC(CS(=O)(=O)N2CC[C@H](NC(=O)c3cc(C4CC4)on3)C[C@@H]2C)CC(C)N1. The first-order valence-corrected chi connectivity index (χ1v) is 12.8. The molecule has 4 atom stereocenters. The number of sulfonamides is 1. The largest absolute Gasteiger partial charge is 0.360 e. The van der Waals surface area contributed by atoms with Crippen molar-refractivity contribution in [2.45, 2.75) is 89.4 Å². The molecular weight excluding hydrogens is 404 g/mol. The Bertz CT molecular complexity index is 856. The number of carbonyl (C=O) groups excluding carboxylic acids is 1. The molecule has 30 heavy (non-hydrogen) atoms. The van der Waals surface area contributed by atoms with Crippen molar-refractivity contribution in [3.63, 3.8) is 0 Å². The van der Waals surface area contributed by atoms with Crippen LogP contribution in [-0.2, 0) is 10.0 Å². The van der Waals surface area contributed by atoms with Crippen LogP contribution in [0.4, 0.5) is 0 Å². The molecule has 4 rings (SSSR count). The topological polar surface area (TPSA) is 105 Å². The first-order chi connectivity index (χ1) is 14.2. The van der Waals surface area contributed by atoms with Crippen molar-refractivity contribution in [1.29, 1.82) is 0 Å². The minimum absolute atomic E-state index is 0.0565. The van der Waals surface area contributed by atoms with E-state index in [9.17, 15) is 13.2 Å². The molecule has 1 aliphatic carbocycles. The standard InChI is InChI=1S/C21H34N4O4S/c1-13-8-16(9-14(2)22-13)12-30(27,28)25-7-6-18(10-15(25)3)23-21(26)19-11-20(29-24-19)17-4-5-17/h11,13-18,22H,4-10,12H2,1-3H3,(H,23,26)/t13?,14?,15-,16?,18-/m0/s1. The molecule has 1 aromatic heterocycles. The molecule has 2 saturated heterocycles. The Labute approximate surface area is 179 Å². The van der Waals surface area contributed by atoms with Gasteiger partial charge in [-0.05, 0) is 65.2 Å². The van der Waals surface area contributed by atoms with Gasteiger partial charge in [0.25, 0.3) is 5.91 Å². The zero-order chi connectivity index (χ0) is 21.5. The Kier molecular flexibility index (Phi) is 6.23. The number of hydrogen-bond donors (Lipinski definition) is 2. The molecule has 3 fully saturated rings. The van der Waals surface area contributed by atoms with Crippen LogP contribution in [0.3, 0.4) is 0 Å². The normalized spacial score (nSPS) is 33.4. The van der Waals surface area contributed by atoms with Gasteiger partial charge in [-0.3, -0.25) is 4.79 Å². The van der Waals surface area contributed by atoms with Gasteiger partial charge in [0.05, 0.1) is 5.75 Å². The van der Waals surface area contributed by atoms with Crippen LogP contribution in [0.15, 0.2) is 10.6 Å². The lowest BCUT2D eigenvalue weighted by Crippen LogP contribution is -2.52. The van der Waals surface area contributed by atoms with Gasteiger partial charge < -0.3 is 15.2 Å². The summed E-state index contributed by atoms with van der Waals surface area (Å²) in [6.45, 7) is 6.62. The van der Waals surface area contributed by atoms with Crippen LogP contribution in [0, 0.1) is 5.92 Å². The predicted octanol–water partition coefficient (Wildman–Crippen LogP) is 2.24. The highest BCUT2D eigenvalue weighted by Gasteiger charge is 2.37. The average molecular weight is 439 g/mol. The third-order valence-corrected chi connectivity index (χ3v) is 8.79.